The molecule has 0 aromatic heterocycles. The van der Waals surface area contributed by atoms with Gasteiger partial charge in [0.05, 0.1) is 0 Å². The Balaban J connectivity index is 1.78. The SMILES string of the molecule is O=C(O)CCCCCCCCCC1OS(=O)(=O)S1. The molecule has 18 heavy (non-hydrogen) atoms. The summed E-state index contributed by atoms with van der Waals surface area (Å²) in [6.07, 6.45) is 8.20. The molecule has 0 aliphatic carbocycles. The first-order valence-electron chi connectivity index (χ1n) is 6.33. The zero-order valence-corrected chi connectivity index (χ0v) is 12.0. The summed E-state index contributed by atoms with van der Waals surface area (Å²) in [5.41, 5.74) is -0.162. The molecule has 1 unspecified atom stereocenters. The summed E-state index contributed by atoms with van der Waals surface area (Å²) in [5, 5.41) is 8.45. The zero-order chi connectivity index (χ0) is 13.4. The maximum atomic E-state index is 10.7. The van der Waals surface area contributed by atoms with Crippen molar-refractivity contribution in [3.05, 3.63) is 0 Å². The fourth-order valence-electron chi connectivity index (χ4n) is 1.84. The minimum absolute atomic E-state index is 0.162. The van der Waals surface area contributed by atoms with Crippen LogP contribution in [0.5, 0.6) is 0 Å². The normalized spacial score (nSPS) is 21.4. The molecule has 0 saturated carbocycles. The van der Waals surface area contributed by atoms with Crippen molar-refractivity contribution in [3.8, 4) is 0 Å². The lowest BCUT2D eigenvalue weighted by molar-refractivity contribution is -0.137. The molecule has 106 valence electrons. The van der Waals surface area contributed by atoms with Crippen molar-refractivity contribution in [3.63, 3.8) is 0 Å². The summed E-state index contributed by atoms with van der Waals surface area (Å²) in [6, 6.07) is 0. The van der Waals surface area contributed by atoms with E-state index in [0.717, 1.165) is 62.2 Å². The summed E-state index contributed by atoms with van der Waals surface area (Å²) < 4.78 is 26.0. The summed E-state index contributed by atoms with van der Waals surface area (Å²) in [6.45, 7) is 0. The molecule has 0 amide bonds. The molecule has 1 rings (SSSR count). The molecule has 7 heteroatoms. The first-order chi connectivity index (χ1) is 8.49. The highest BCUT2D eigenvalue weighted by atomic mass is 33.2. The van der Waals surface area contributed by atoms with Crippen LogP contribution >= 0.6 is 10.8 Å². The fraction of sp³-hybridized carbons (Fsp3) is 0.909. The third kappa shape index (κ3) is 7.23. The number of carbonyl (C=O) groups is 1. The third-order valence-electron chi connectivity index (χ3n) is 2.78. The van der Waals surface area contributed by atoms with Gasteiger partial charge < -0.3 is 5.11 Å². The van der Waals surface area contributed by atoms with E-state index in [4.69, 9.17) is 5.11 Å². The standard InChI is InChI=1S/C11H20O5S2/c12-10(13)8-6-4-2-1-3-5-7-9-11-16-18(14,15)17-11/h11H,1-9H2,(H,12,13). The number of unbranched alkanes of at least 4 members (excludes halogenated alkanes) is 6. The van der Waals surface area contributed by atoms with Gasteiger partial charge >= 0.3 is 15.1 Å². The quantitative estimate of drug-likeness (QED) is 0.493. The average Bonchev–Trinajstić information content (AvgIpc) is 2.23. The highest BCUT2D eigenvalue weighted by Crippen LogP contribution is 2.38. The van der Waals surface area contributed by atoms with Gasteiger partial charge in [0.25, 0.3) is 0 Å². The molecule has 0 aromatic rings. The predicted octanol–water partition coefficient (Wildman–Crippen LogP) is 2.92. The van der Waals surface area contributed by atoms with Crippen LogP contribution in [0.2, 0.25) is 0 Å². The number of aliphatic carboxylic acids is 1. The van der Waals surface area contributed by atoms with Crippen LogP contribution in [0.25, 0.3) is 0 Å². The lowest BCUT2D eigenvalue weighted by Crippen LogP contribution is -2.25. The summed E-state index contributed by atoms with van der Waals surface area (Å²) in [4.78, 5) is 10.3. The van der Waals surface area contributed by atoms with Crippen LogP contribution in [0.3, 0.4) is 0 Å². The van der Waals surface area contributed by atoms with E-state index in [1.54, 1.807) is 0 Å². The van der Waals surface area contributed by atoms with Gasteiger partial charge in [0.15, 0.2) is 0 Å². The number of hydrogen-bond donors (Lipinski definition) is 1. The number of hydrogen-bond acceptors (Lipinski definition) is 5. The topological polar surface area (TPSA) is 80.7 Å². The first kappa shape index (κ1) is 15.8. The smallest absolute Gasteiger partial charge is 0.325 e. The monoisotopic (exact) mass is 296 g/mol. The Hall–Kier alpha value is -0.270. The third-order valence-corrected chi connectivity index (χ3v) is 5.74. The molecule has 1 aliphatic rings. The number of rotatable bonds is 10. The minimum atomic E-state index is -3.23. The van der Waals surface area contributed by atoms with Gasteiger partial charge in [-0.1, -0.05) is 32.1 Å². The van der Waals surface area contributed by atoms with Crippen LogP contribution in [0.15, 0.2) is 0 Å². The van der Waals surface area contributed by atoms with Gasteiger partial charge in [-0.25, -0.2) is 4.18 Å². The maximum absolute atomic E-state index is 10.7. The van der Waals surface area contributed by atoms with E-state index in [9.17, 15) is 13.2 Å². The van der Waals surface area contributed by atoms with Crippen LogP contribution < -0.4 is 0 Å². The predicted molar refractivity (Wildman–Crippen MR) is 70.6 cm³/mol. The van der Waals surface area contributed by atoms with Crippen LogP contribution in [0.4, 0.5) is 0 Å². The number of carboxylic acid groups (broad SMARTS) is 1. The van der Waals surface area contributed by atoms with Gasteiger partial charge in [-0.2, -0.15) is 8.42 Å². The van der Waals surface area contributed by atoms with Crippen molar-refractivity contribution in [2.45, 2.75) is 63.2 Å². The molecule has 0 aromatic carbocycles. The Kier molecular flexibility index (Phi) is 7.03. The van der Waals surface area contributed by atoms with Crippen molar-refractivity contribution in [2.75, 3.05) is 0 Å². The summed E-state index contributed by atoms with van der Waals surface area (Å²) in [5.74, 6) is -0.719. The lowest BCUT2D eigenvalue weighted by Gasteiger charge is -2.23. The highest BCUT2D eigenvalue weighted by molar-refractivity contribution is 8.72. The summed E-state index contributed by atoms with van der Waals surface area (Å²) >= 11 is 0. The van der Waals surface area contributed by atoms with Gasteiger partial charge in [-0.05, 0) is 19.3 Å². The van der Waals surface area contributed by atoms with E-state index in [-0.39, 0.29) is 11.9 Å². The van der Waals surface area contributed by atoms with Crippen LogP contribution in [-0.4, -0.2) is 24.9 Å². The largest absolute Gasteiger partial charge is 0.481 e. The molecule has 0 spiro atoms. The second-order valence-electron chi connectivity index (χ2n) is 4.44. The maximum Gasteiger partial charge on any atom is 0.325 e. The van der Waals surface area contributed by atoms with E-state index in [0.29, 0.717) is 0 Å². The van der Waals surface area contributed by atoms with E-state index < -0.39 is 15.1 Å². The van der Waals surface area contributed by atoms with E-state index in [1.165, 1.54) is 0 Å². The van der Waals surface area contributed by atoms with Crippen molar-refractivity contribution in [1.82, 2.24) is 0 Å². The average molecular weight is 296 g/mol. The van der Waals surface area contributed by atoms with Gasteiger partial charge in [-0.15, -0.1) is 0 Å². The zero-order valence-electron chi connectivity index (χ0n) is 10.3. The second-order valence-corrected chi connectivity index (χ2v) is 7.97. The Bertz CT molecular complexity index is 340. The van der Waals surface area contributed by atoms with Crippen molar-refractivity contribution in [2.24, 2.45) is 0 Å². The molecule has 5 nitrogen and oxygen atoms in total. The molecule has 1 aliphatic heterocycles. The van der Waals surface area contributed by atoms with Gasteiger partial charge in [0.2, 0.25) is 0 Å². The van der Waals surface area contributed by atoms with E-state index >= 15 is 0 Å². The Morgan fingerprint density at radius 2 is 1.56 bits per heavy atom. The Morgan fingerprint density at radius 1 is 1.06 bits per heavy atom. The molecule has 1 heterocycles. The van der Waals surface area contributed by atoms with Crippen molar-refractivity contribution >= 4 is 25.9 Å². The first-order valence-corrected chi connectivity index (χ1v) is 9.13. The van der Waals surface area contributed by atoms with E-state index in [1.807, 2.05) is 0 Å². The summed E-state index contributed by atoms with van der Waals surface area (Å²) in [7, 11) is -2.32. The number of carboxylic acids is 1. The Morgan fingerprint density at radius 3 is 2.06 bits per heavy atom. The minimum Gasteiger partial charge on any atom is -0.481 e. The lowest BCUT2D eigenvalue weighted by atomic mass is 10.1. The van der Waals surface area contributed by atoms with Crippen LogP contribution in [0.1, 0.15) is 57.8 Å². The molecule has 1 saturated heterocycles. The highest BCUT2D eigenvalue weighted by Gasteiger charge is 2.35. The van der Waals surface area contributed by atoms with Crippen LogP contribution in [0, 0.1) is 0 Å². The van der Waals surface area contributed by atoms with Crippen LogP contribution in [-0.2, 0) is 18.1 Å². The van der Waals surface area contributed by atoms with Crippen molar-refractivity contribution in [1.29, 1.82) is 0 Å². The molecule has 1 fully saturated rings. The molecular weight excluding hydrogens is 276 g/mol. The second kappa shape index (κ2) is 8.01. The molecule has 1 atom stereocenters. The van der Waals surface area contributed by atoms with Crippen molar-refractivity contribution < 1.29 is 22.5 Å². The Labute approximate surface area is 112 Å². The fourth-order valence-corrected chi connectivity index (χ4v) is 4.31. The van der Waals surface area contributed by atoms with Gasteiger partial charge in [0, 0.05) is 17.2 Å². The molecular formula is C11H20O5S2. The molecule has 0 radical (unpaired) electrons. The van der Waals surface area contributed by atoms with Gasteiger partial charge in [-0.3, -0.25) is 4.79 Å². The molecule has 1 N–H and O–H groups in total. The van der Waals surface area contributed by atoms with E-state index in [2.05, 4.69) is 4.18 Å². The molecule has 0 bridgehead atoms. The van der Waals surface area contributed by atoms with Gasteiger partial charge in [0.1, 0.15) is 5.44 Å².